The molecule has 0 radical (unpaired) electrons. The number of amides is 3. The Kier molecular flexibility index (Phi) is 5.19. The van der Waals surface area contributed by atoms with E-state index in [9.17, 15) is 14.4 Å². The minimum absolute atomic E-state index is 0.0265. The molecule has 0 atom stereocenters. The van der Waals surface area contributed by atoms with Crippen LogP contribution in [-0.4, -0.2) is 34.9 Å². The van der Waals surface area contributed by atoms with Gasteiger partial charge in [-0.2, -0.15) is 5.26 Å². The van der Waals surface area contributed by atoms with Crippen molar-refractivity contribution in [3.63, 3.8) is 0 Å². The molecule has 3 amide bonds. The van der Waals surface area contributed by atoms with Gasteiger partial charge in [0, 0.05) is 18.5 Å². The van der Waals surface area contributed by atoms with E-state index in [1.54, 1.807) is 38.1 Å². The van der Waals surface area contributed by atoms with Crippen molar-refractivity contribution in [1.82, 2.24) is 10.2 Å². The van der Waals surface area contributed by atoms with Gasteiger partial charge in [0.2, 0.25) is 0 Å². The smallest absolute Gasteiger partial charge is 0.325 e. The maximum absolute atomic E-state index is 12.0. The fourth-order valence-electron chi connectivity index (χ4n) is 2.39. The Morgan fingerprint density at radius 2 is 2.04 bits per heavy atom. The summed E-state index contributed by atoms with van der Waals surface area (Å²) in [7, 11) is 0. The maximum atomic E-state index is 12.0. The first kappa shape index (κ1) is 17.5. The van der Waals surface area contributed by atoms with Gasteiger partial charge in [-0.15, -0.1) is 0 Å². The lowest BCUT2D eigenvalue weighted by molar-refractivity contribution is -0.145. The molecule has 2 rings (SSSR count). The summed E-state index contributed by atoms with van der Waals surface area (Å²) in [4.78, 5) is 36.6. The molecule has 1 heterocycles. The molecule has 1 aliphatic rings. The Hall–Kier alpha value is -2.88. The van der Waals surface area contributed by atoms with Crippen LogP contribution in [0.25, 0.3) is 0 Å². The Balaban J connectivity index is 1.77. The van der Waals surface area contributed by atoms with Crippen LogP contribution >= 0.6 is 0 Å². The van der Waals surface area contributed by atoms with Crippen LogP contribution in [0.3, 0.4) is 0 Å². The van der Waals surface area contributed by atoms with Gasteiger partial charge in [0.25, 0.3) is 5.91 Å². The Bertz CT molecular complexity index is 706. The van der Waals surface area contributed by atoms with Gasteiger partial charge in [0.1, 0.15) is 12.1 Å². The van der Waals surface area contributed by atoms with Crippen LogP contribution in [0.5, 0.6) is 0 Å². The number of benzene rings is 1. The number of carbonyl (C=O) groups is 3. The summed E-state index contributed by atoms with van der Waals surface area (Å²) in [5, 5.41) is 11.6. The van der Waals surface area contributed by atoms with Crippen molar-refractivity contribution in [2.24, 2.45) is 0 Å². The minimum atomic E-state index is -0.904. The van der Waals surface area contributed by atoms with E-state index >= 15 is 0 Å². The van der Waals surface area contributed by atoms with Crippen LogP contribution in [0.2, 0.25) is 0 Å². The first-order chi connectivity index (χ1) is 11.3. The Morgan fingerprint density at radius 1 is 1.33 bits per heavy atom. The number of ether oxygens (including phenoxy) is 1. The van der Waals surface area contributed by atoms with Crippen molar-refractivity contribution >= 4 is 17.9 Å². The van der Waals surface area contributed by atoms with E-state index in [-0.39, 0.29) is 25.5 Å². The van der Waals surface area contributed by atoms with Crippen molar-refractivity contribution < 1.29 is 19.1 Å². The minimum Gasteiger partial charge on any atom is -0.461 e. The van der Waals surface area contributed by atoms with Gasteiger partial charge < -0.3 is 10.1 Å². The monoisotopic (exact) mass is 329 g/mol. The molecule has 126 valence electrons. The van der Waals surface area contributed by atoms with Crippen LogP contribution in [0.15, 0.2) is 24.3 Å². The number of urea groups is 1. The highest BCUT2D eigenvalue weighted by Crippen LogP contribution is 2.17. The van der Waals surface area contributed by atoms with Crippen LogP contribution in [0.1, 0.15) is 37.8 Å². The molecule has 1 N–H and O–H groups in total. The lowest BCUT2D eigenvalue weighted by Crippen LogP contribution is -2.40. The molecule has 0 spiro atoms. The lowest BCUT2D eigenvalue weighted by Gasteiger charge is -2.15. The van der Waals surface area contributed by atoms with E-state index in [4.69, 9.17) is 10.00 Å². The van der Waals surface area contributed by atoms with Crippen LogP contribution in [-0.2, 0) is 20.9 Å². The molecule has 7 heteroatoms. The third-order valence-electron chi connectivity index (χ3n) is 3.73. The van der Waals surface area contributed by atoms with Gasteiger partial charge in [0.05, 0.1) is 11.6 Å². The van der Waals surface area contributed by atoms with E-state index in [0.29, 0.717) is 17.5 Å². The highest BCUT2D eigenvalue weighted by Gasteiger charge is 2.43. The van der Waals surface area contributed by atoms with E-state index in [0.717, 1.165) is 4.90 Å². The third kappa shape index (κ3) is 3.90. The summed E-state index contributed by atoms with van der Waals surface area (Å²) >= 11 is 0. The molecule has 0 aliphatic carbocycles. The molecule has 1 aliphatic heterocycles. The molecule has 1 fully saturated rings. The number of esters is 1. The molecule has 7 nitrogen and oxygen atoms in total. The molecule has 24 heavy (non-hydrogen) atoms. The molecule has 0 saturated carbocycles. The molecule has 1 aromatic carbocycles. The van der Waals surface area contributed by atoms with Crippen molar-refractivity contribution in [3.05, 3.63) is 35.4 Å². The third-order valence-corrected chi connectivity index (χ3v) is 3.73. The molecule has 0 bridgehead atoms. The molecule has 1 aromatic rings. The van der Waals surface area contributed by atoms with E-state index < -0.39 is 17.5 Å². The zero-order valence-corrected chi connectivity index (χ0v) is 13.7. The zero-order chi connectivity index (χ0) is 17.7. The summed E-state index contributed by atoms with van der Waals surface area (Å²) in [6.45, 7) is 3.46. The fraction of sp³-hybridized carbons (Fsp3) is 0.412. The lowest BCUT2D eigenvalue weighted by atomic mass is 10.1. The van der Waals surface area contributed by atoms with Gasteiger partial charge in [-0.25, -0.2) is 4.79 Å². The molecule has 0 aromatic heterocycles. The average Bonchev–Trinajstić information content (AvgIpc) is 2.74. The fourth-order valence-corrected chi connectivity index (χ4v) is 2.39. The number of nitrogens with one attached hydrogen (secondary N) is 1. The zero-order valence-electron chi connectivity index (χ0n) is 13.7. The predicted octanol–water partition coefficient (Wildman–Crippen LogP) is 1.71. The Labute approximate surface area is 140 Å². The highest BCUT2D eigenvalue weighted by atomic mass is 16.5. The van der Waals surface area contributed by atoms with Crippen LogP contribution in [0, 0.1) is 11.3 Å². The highest BCUT2D eigenvalue weighted by molar-refractivity contribution is 6.06. The van der Waals surface area contributed by atoms with Crippen LogP contribution < -0.4 is 5.32 Å². The van der Waals surface area contributed by atoms with Gasteiger partial charge in [-0.05, 0) is 26.3 Å². The van der Waals surface area contributed by atoms with Crippen molar-refractivity contribution in [3.8, 4) is 6.07 Å². The van der Waals surface area contributed by atoms with Gasteiger partial charge >= 0.3 is 12.0 Å². The molecular weight excluding hydrogens is 310 g/mol. The predicted molar refractivity (Wildman–Crippen MR) is 84.5 cm³/mol. The summed E-state index contributed by atoms with van der Waals surface area (Å²) in [6, 6.07) is 8.48. The van der Waals surface area contributed by atoms with E-state index in [2.05, 4.69) is 5.32 Å². The summed E-state index contributed by atoms with van der Waals surface area (Å²) < 4.78 is 5.14. The first-order valence-electron chi connectivity index (χ1n) is 7.63. The number of hydrogen-bond donors (Lipinski definition) is 1. The summed E-state index contributed by atoms with van der Waals surface area (Å²) in [5.41, 5.74) is 0.203. The normalized spacial score (nSPS) is 15.8. The number of nitrogens with zero attached hydrogens (tertiary/aromatic N) is 2. The van der Waals surface area contributed by atoms with E-state index in [1.807, 2.05) is 6.07 Å². The number of hydrogen-bond acceptors (Lipinski definition) is 5. The largest absolute Gasteiger partial charge is 0.461 e. The van der Waals surface area contributed by atoms with Crippen molar-refractivity contribution in [2.45, 2.75) is 38.8 Å². The SMILES string of the molecule is CC1(C)NC(=O)N(CCCC(=O)OCc2ccccc2C#N)C1=O. The quantitative estimate of drug-likeness (QED) is 0.632. The van der Waals surface area contributed by atoms with Crippen molar-refractivity contribution in [2.75, 3.05) is 6.54 Å². The maximum Gasteiger partial charge on any atom is 0.325 e. The standard InChI is InChI=1S/C17H19N3O4/c1-17(2)15(22)20(16(23)19-17)9-5-8-14(21)24-11-13-7-4-3-6-12(13)10-18/h3-4,6-7H,5,8-9,11H2,1-2H3,(H,19,23). The number of carbonyl (C=O) groups excluding carboxylic acids is 3. The first-order valence-corrected chi connectivity index (χ1v) is 7.63. The van der Waals surface area contributed by atoms with Crippen LogP contribution in [0.4, 0.5) is 4.79 Å². The second kappa shape index (κ2) is 7.13. The number of imide groups is 1. The molecule has 1 saturated heterocycles. The second-order valence-corrected chi connectivity index (χ2v) is 6.05. The second-order valence-electron chi connectivity index (χ2n) is 6.05. The van der Waals surface area contributed by atoms with Gasteiger partial charge in [0.15, 0.2) is 0 Å². The summed E-state index contributed by atoms with van der Waals surface area (Å²) in [6.07, 6.45) is 0.417. The number of rotatable bonds is 6. The van der Waals surface area contributed by atoms with Crippen molar-refractivity contribution in [1.29, 1.82) is 5.26 Å². The summed E-state index contributed by atoms with van der Waals surface area (Å²) in [5.74, 6) is -0.738. The van der Waals surface area contributed by atoms with E-state index in [1.165, 1.54) is 0 Å². The average molecular weight is 329 g/mol. The Morgan fingerprint density at radius 3 is 2.67 bits per heavy atom. The topological polar surface area (TPSA) is 99.5 Å². The van der Waals surface area contributed by atoms with Gasteiger partial charge in [-0.1, -0.05) is 18.2 Å². The molecular formula is C17H19N3O4. The molecule has 0 unspecified atom stereocenters. The van der Waals surface area contributed by atoms with Gasteiger partial charge in [-0.3, -0.25) is 14.5 Å². The number of nitriles is 1.